The van der Waals surface area contributed by atoms with Gasteiger partial charge in [-0.25, -0.2) is 4.79 Å². The molecule has 0 fully saturated rings. The Kier molecular flexibility index (Phi) is 3.81. The minimum Gasteiger partial charge on any atom is -0.478 e. The minimum absolute atomic E-state index is 0.211. The fourth-order valence-electron chi connectivity index (χ4n) is 1.09. The first kappa shape index (κ1) is 13.6. The predicted octanol–water partition coefficient (Wildman–Crippen LogP) is 1.87. The van der Waals surface area contributed by atoms with Gasteiger partial charge in [0.1, 0.15) is 0 Å². The molecule has 0 aliphatic carbocycles. The van der Waals surface area contributed by atoms with Crippen LogP contribution >= 0.6 is 15.9 Å². The lowest BCUT2D eigenvalue weighted by molar-refractivity contribution is -0.276. The first-order chi connectivity index (χ1) is 7.74. The van der Waals surface area contributed by atoms with E-state index in [1.807, 2.05) is 0 Å². The summed E-state index contributed by atoms with van der Waals surface area (Å²) in [5.74, 6) is -2.45. The number of carboxylic acid groups (broad SMARTS) is 1. The van der Waals surface area contributed by atoms with Gasteiger partial charge in [0.2, 0.25) is 5.88 Å². The van der Waals surface area contributed by atoms with Crippen molar-refractivity contribution in [1.29, 1.82) is 0 Å². The van der Waals surface area contributed by atoms with Crippen LogP contribution in [0.3, 0.4) is 0 Å². The highest BCUT2D eigenvalue weighted by Gasteiger charge is 2.33. The number of hydrogen-bond donors (Lipinski definition) is 2. The first-order valence-electron chi connectivity index (χ1n) is 4.06. The second kappa shape index (κ2) is 4.78. The van der Waals surface area contributed by atoms with E-state index >= 15 is 0 Å². The van der Waals surface area contributed by atoms with Gasteiger partial charge in [-0.2, -0.15) is 0 Å². The quantitative estimate of drug-likeness (QED) is 0.834. The van der Waals surface area contributed by atoms with Crippen molar-refractivity contribution in [2.75, 3.05) is 0 Å². The van der Waals surface area contributed by atoms with Crippen LogP contribution in [0.1, 0.15) is 15.9 Å². The zero-order valence-corrected chi connectivity index (χ0v) is 9.55. The summed E-state index contributed by atoms with van der Waals surface area (Å²) in [5, 5.41) is 8.52. The van der Waals surface area contributed by atoms with E-state index in [-0.39, 0.29) is 10.9 Å². The number of rotatable bonds is 3. The Morgan fingerprint density at radius 2 is 2.12 bits per heavy atom. The summed E-state index contributed by atoms with van der Waals surface area (Å²) in [6.45, 7) is 0. The number of nitrogens with one attached hydrogen (secondary N) is 1. The van der Waals surface area contributed by atoms with Gasteiger partial charge in [-0.15, -0.1) is 13.2 Å². The monoisotopic (exact) mass is 315 g/mol. The van der Waals surface area contributed by atoms with Crippen molar-refractivity contribution >= 4 is 21.9 Å². The predicted molar refractivity (Wildman–Crippen MR) is 53.3 cm³/mol. The number of carbonyl (C=O) groups is 1. The number of pyridine rings is 1. The Bertz CT molecular complexity index is 497. The summed E-state index contributed by atoms with van der Waals surface area (Å²) < 4.78 is 39.6. The van der Waals surface area contributed by atoms with Gasteiger partial charge in [0.25, 0.3) is 5.56 Å². The Labute approximate surface area is 100 Å². The molecule has 0 saturated carbocycles. The smallest absolute Gasteiger partial charge is 0.478 e. The lowest BCUT2D eigenvalue weighted by atomic mass is 10.1. The maximum absolute atomic E-state index is 12.0. The van der Waals surface area contributed by atoms with E-state index in [4.69, 9.17) is 5.11 Å². The van der Waals surface area contributed by atoms with E-state index in [1.54, 1.807) is 4.98 Å². The fraction of sp³-hybridized carbons (Fsp3) is 0.250. The van der Waals surface area contributed by atoms with Crippen molar-refractivity contribution in [3.63, 3.8) is 0 Å². The number of aromatic nitrogens is 1. The maximum Gasteiger partial charge on any atom is 0.574 e. The molecule has 1 aromatic heterocycles. The molecule has 0 bridgehead atoms. The molecule has 0 unspecified atom stereocenters. The molecule has 0 aliphatic heterocycles. The van der Waals surface area contributed by atoms with Crippen molar-refractivity contribution in [2.45, 2.75) is 11.7 Å². The van der Waals surface area contributed by atoms with Gasteiger partial charge in [-0.05, 0) is 0 Å². The average molecular weight is 316 g/mol. The normalized spacial score (nSPS) is 11.3. The first-order valence-corrected chi connectivity index (χ1v) is 5.18. The standard InChI is InChI=1S/C8H5BrF3NO4/c9-2-4-3(7(15)16)1-5(14)13-6(4)17-8(10,11)12/h1H,2H2,(H,13,14)(H,15,16). The van der Waals surface area contributed by atoms with Gasteiger partial charge in [-0.1, -0.05) is 15.9 Å². The molecule has 2 N–H and O–H groups in total. The zero-order valence-electron chi connectivity index (χ0n) is 7.97. The second-order valence-corrected chi connectivity index (χ2v) is 3.40. The van der Waals surface area contributed by atoms with E-state index in [1.165, 1.54) is 0 Å². The number of hydrogen-bond acceptors (Lipinski definition) is 3. The molecule has 0 aliphatic rings. The van der Waals surface area contributed by atoms with Crippen LogP contribution in [-0.4, -0.2) is 22.4 Å². The Morgan fingerprint density at radius 3 is 2.53 bits per heavy atom. The molecule has 0 aromatic carbocycles. The third-order valence-electron chi connectivity index (χ3n) is 1.69. The molecule has 1 rings (SSSR count). The van der Waals surface area contributed by atoms with Gasteiger partial charge in [0, 0.05) is 17.0 Å². The van der Waals surface area contributed by atoms with Gasteiger partial charge >= 0.3 is 12.3 Å². The highest BCUT2D eigenvalue weighted by atomic mass is 79.9. The number of ether oxygens (including phenoxy) is 1. The van der Waals surface area contributed by atoms with Crippen LogP contribution in [0.2, 0.25) is 0 Å². The van der Waals surface area contributed by atoms with Crippen molar-refractivity contribution in [2.24, 2.45) is 0 Å². The molecule has 0 atom stereocenters. The zero-order chi connectivity index (χ0) is 13.2. The molecule has 5 nitrogen and oxygen atoms in total. The van der Waals surface area contributed by atoms with Crippen LogP contribution in [0.15, 0.2) is 10.9 Å². The molecule has 94 valence electrons. The van der Waals surface area contributed by atoms with Crippen molar-refractivity contribution in [3.8, 4) is 5.88 Å². The van der Waals surface area contributed by atoms with Crippen molar-refractivity contribution < 1.29 is 27.8 Å². The summed E-state index contributed by atoms with van der Waals surface area (Å²) in [5.41, 5.74) is -1.84. The van der Waals surface area contributed by atoms with Crippen LogP contribution in [0.25, 0.3) is 0 Å². The van der Waals surface area contributed by atoms with Gasteiger partial charge < -0.3 is 9.84 Å². The van der Waals surface area contributed by atoms with Crippen LogP contribution in [0.4, 0.5) is 13.2 Å². The molecular weight excluding hydrogens is 311 g/mol. The molecular formula is C8H5BrF3NO4. The maximum atomic E-state index is 12.0. The molecule has 9 heteroatoms. The highest BCUT2D eigenvalue weighted by Crippen LogP contribution is 2.27. The van der Waals surface area contributed by atoms with Crippen LogP contribution < -0.4 is 10.3 Å². The molecule has 0 radical (unpaired) electrons. The number of aromatic amines is 1. The second-order valence-electron chi connectivity index (χ2n) is 2.84. The average Bonchev–Trinajstić information content (AvgIpc) is 2.14. The molecule has 17 heavy (non-hydrogen) atoms. The Morgan fingerprint density at radius 1 is 1.53 bits per heavy atom. The van der Waals surface area contributed by atoms with E-state index in [0.29, 0.717) is 6.07 Å². The number of aromatic carboxylic acids is 1. The van der Waals surface area contributed by atoms with Crippen molar-refractivity contribution in [3.05, 3.63) is 27.5 Å². The minimum atomic E-state index is -5.02. The summed E-state index contributed by atoms with van der Waals surface area (Å²) in [7, 11) is 0. The van der Waals surface area contributed by atoms with Gasteiger partial charge in [-0.3, -0.25) is 9.78 Å². The van der Waals surface area contributed by atoms with E-state index in [0.717, 1.165) is 0 Å². The summed E-state index contributed by atoms with van der Waals surface area (Å²) >= 11 is 2.83. The van der Waals surface area contributed by atoms with Crippen LogP contribution in [-0.2, 0) is 5.33 Å². The van der Waals surface area contributed by atoms with E-state index in [2.05, 4.69) is 20.7 Å². The largest absolute Gasteiger partial charge is 0.574 e. The number of H-pyrrole nitrogens is 1. The lowest BCUT2D eigenvalue weighted by Crippen LogP contribution is -2.23. The summed E-state index contributed by atoms with van der Waals surface area (Å²) in [4.78, 5) is 23.5. The van der Waals surface area contributed by atoms with Gasteiger partial charge in [0.15, 0.2) is 0 Å². The van der Waals surface area contributed by atoms with E-state index < -0.39 is 29.3 Å². The van der Waals surface area contributed by atoms with Gasteiger partial charge in [0.05, 0.1) is 5.56 Å². The third-order valence-corrected chi connectivity index (χ3v) is 2.25. The Hall–Kier alpha value is -1.51. The molecule has 0 saturated heterocycles. The molecule has 1 heterocycles. The number of alkyl halides is 4. The highest BCUT2D eigenvalue weighted by molar-refractivity contribution is 9.08. The third kappa shape index (κ3) is 3.48. The van der Waals surface area contributed by atoms with Crippen LogP contribution in [0, 0.1) is 0 Å². The number of halogens is 4. The molecule has 0 spiro atoms. The number of carboxylic acids is 1. The SMILES string of the molecule is O=C(O)c1cc(=O)[nH]c(OC(F)(F)F)c1CBr. The fourth-order valence-corrected chi connectivity index (χ4v) is 1.65. The van der Waals surface area contributed by atoms with E-state index in [9.17, 15) is 22.8 Å². The molecule has 1 aromatic rings. The van der Waals surface area contributed by atoms with Crippen molar-refractivity contribution in [1.82, 2.24) is 4.98 Å². The lowest BCUT2D eigenvalue weighted by Gasteiger charge is -2.12. The van der Waals surface area contributed by atoms with Crippen LogP contribution in [0.5, 0.6) is 5.88 Å². The summed E-state index contributed by atoms with van der Waals surface area (Å²) in [6, 6.07) is 0.683. The molecule has 0 amide bonds. The topological polar surface area (TPSA) is 79.4 Å². The Balaban J connectivity index is 3.38. The summed E-state index contributed by atoms with van der Waals surface area (Å²) in [6.07, 6.45) is -5.02.